The van der Waals surface area contributed by atoms with Gasteiger partial charge in [-0.25, -0.2) is 15.0 Å². The molecule has 10 rings (SSSR count). The second kappa shape index (κ2) is 11.9. The first-order valence-electron chi connectivity index (χ1n) is 17.2. The van der Waals surface area contributed by atoms with Crippen LogP contribution >= 0.6 is 0 Å². The molecule has 0 saturated carbocycles. The van der Waals surface area contributed by atoms with E-state index < -0.39 is 0 Å². The van der Waals surface area contributed by atoms with Crippen LogP contribution in [0.25, 0.3) is 94.3 Å². The van der Waals surface area contributed by atoms with Crippen molar-refractivity contribution >= 4 is 43.4 Å². The third-order valence-electron chi connectivity index (χ3n) is 9.81. The van der Waals surface area contributed by atoms with Crippen LogP contribution in [0, 0.1) is 0 Å². The summed E-state index contributed by atoms with van der Waals surface area (Å²) in [5.41, 5.74) is 8.39. The van der Waals surface area contributed by atoms with E-state index in [1.807, 2.05) is 60.7 Å². The number of rotatable bonds is 5. The molecule has 0 fully saturated rings. The SMILES string of the molecule is c1ccc(-c2nc(-c3ccccc3)nc(-c3ccc(-n4c5cc6ccccc6cc5c5c6ccccc6ccc54)cc3-c3ccccc3)n2)cc1. The zero-order chi connectivity index (χ0) is 33.7. The summed E-state index contributed by atoms with van der Waals surface area (Å²) < 4.78 is 2.41. The summed E-state index contributed by atoms with van der Waals surface area (Å²) in [7, 11) is 0. The van der Waals surface area contributed by atoms with E-state index in [0.717, 1.165) is 33.5 Å². The third kappa shape index (κ3) is 4.96. The van der Waals surface area contributed by atoms with Crippen LogP contribution in [0.2, 0.25) is 0 Å². The molecule has 0 spiro atoms. The molecule has 0 N–H and O–H groups in total. The van der Waals surface area contributed by atoms with Crippen molar-refractivity contribution in [1.29, 1.82) is 0 Å². The highest BCUT2D eigenvalue weighted by molar-refractivity contribution is 6.23. The predicted molar refractivity (Wildman–Crippen MR) is 211 cm³/mol. The number of benzene rings is 8. The summed E-state index contributed by atoms with van der Waals surface area (Å²) in [6.07, 6.45) is 0. The van der Waals surface area contributed by atoms with Crippen LogP contribution in [0.1, 0.15) is 0 Å². The minimum atomic E-state index is 0.632. The maximum Gasteiger partial charge on any atom is 0.164 e. The van der Waals surface area contributed by atoms with E-state index in [2.05, 4.69) is 126 Å². The Morgan fingerprint density at radius 3 is 1.55 bits per heavy atom. The predicted octanol–water partition coefficient (Wildman–Crippen LogP) is 11.9. The van der Waals surface area contributed by atoms with E-state index in [1.165, 1.54) is 43.4 Å². The zero-order valence-corrected chi connectivity index (χ0v) is 27.6. The van der Waals surface area contributed by atoms with Crippen molar-refractivity contribution < 1.29 is 0 Å². The van der Waals surface area contributed by atoms with Gasteiger partial charge in [0.1, 0.15) is 0 Å². The van der Waals surface area contributed by atoms with Crippen molar-refractivity contribution in [3.8, 4) is 51.0 Å². The van der Waals surface area contributed by atoms with E-state index in [1.54, 1.807) is 0 Å². The Balaban J connectivity index is 1.26. The maximum atomic E-state index is 5.12. The van der Waals surface area contributed by atoms with Gasteiger partial charge in [0.25, 0.3) is 0 Å². The Morgan fingerprint density at radius 2 is 0.882 bits per heavy atom. The van der Waals surface area contributed by atoms with Crippen LogP contribution < -0.4 is 0 Å². The van der Waals surface area contributed by atoms with Crippen LogP contribution in [0.3, 0.4) is 0 Å². The first kappa shape index (κ1) is 29.0. The summed E-state index contributed by atoms with van der Waals surface area (Å²) in [6.45, 7) is 0. The maximum absolute atomic E-state index is 5.12. The van der Waals surface area contributed by atoms with Gasteiger partial charge in [0.2, 0.25) is 0 Å². The van der Waals surface area contributed by atoms with Gasteiger partial charge in [-0.3, -0.25) is 0 Å². The molecule has 0 radical (unpaired) electrons. The zero-order valence-electron chi connectivity index (χ0n) is 27.6. The molecule has 0 saturated heterocycles. The molecule has 51 heavy (non-hydrogen) atoms. The quantitative estimate of drug-likeness (QED) is 0.186. The number of fused-ring (bicyclic) bond motifs is 6. The molecule has 0 atom stereocenters. The fraction of sp³-hybridized carbons (Fsp3) is 0. The molecule has 4 nitrogen and oxygen atoms in total. The van der Waals surface area contributed by atoms with Crippen LogP contribution in [0.5, 0.6) is 0 Å². The van der Waals surface area contributed by atoms with Gasteiger partial charge in [-0.15, -0.1) is 0 Å². The fourth-order valence-corrected chi connectivity index (χ4v) is 7.40. The van der Waals surface area contributed by atoms with Gasteiger partial charge in [-0.2, -0.15) is 0 Å². The van der Waals surface area contributed by atoms with Gasteiger partial charge in [-0.05, 0) is 69.1 Å². The smallest absolute Gasteiger partial charge is 0.164 e. The van der Waals surface area contributed by atoms with Gasteiger partial charge in [0.15, 0.2) is 17.5 Å². The van der Waals surface area contributed by atoms with Crippen LogP contribution in [0.15, 0.2) is 182 Å². The second-order valence-electron chi connectivity index (χ2n) is 12.9. The van der Waals surface area contributed by atoms with E-state index in [0.29, 0.717) is 17.5 Å². The lowest BCUT2D eigenvalue weighted by Gasteiger charge is -2.15. The van der Waals surface area contributed by atoms with E-state index >= 15 is 0 Å². The van der Waals surface area contributed by atoms with Gasteiger partial charge >= 0.3 is 0 Å². The van der Waals surface area contributed by atoms with Crippen molar-refractivity contribution in [1.82, 2.24) is 19.5 Å². The van der Waals surface area contributed by atoms with Crippen LogP contribution in [0.4, 0.5) is 0 Å². The van der Waals surface area contributed by atoms with Crippen molar-refractivity contribution in [2.24, 2.45) is 0 Å². The first-order valence-corrected chi connectivity index (χ1v) is 17.2. The summed E-state index contributed by atoms with van der Waals surface area (Å²) in [5.74, 6) is 1.92. The molecule has 0 aliphatic carbocycles. The van der Waals surface area contributed by atoms with Gasteiger partial charge in [0.05, 0.1) is 11.0 Å². The number of hydrogen-bond donors (Lipinski definition) is 0. The normalized spacial score (nSPS) is 11.5. The van der Waals surface area contributed by atoms with E-state index in [4.69, 9.17) is 15.0 Å². The lowest BCUT2D eigenvalue weighted by atomic mass is 9.98. The fourth-order valence-electron chi connectivity index (χ4n) is 7.40. The molecular weight excluding hydrogens is 621 g/mol. The molecule has 4 heteroatoms. The summed E-state index contributed by atoms with van der Waals surface area (Å²) in [5, 5.41) is 7.43. The minimum absolute atomic E-state index is 0.632. The third-order valence-corrected chi connectivity index (χ3v) is 9.81. The summed E-state index contributed by atoms with van der Waals surface area (Å²) in [6, 6.07) is 64.0. The number of hydrogen-bond acceptors (Lipinski definition) is 3. The van der Waals surface area contributed by atoms with Crippen LogP contribution in [-0.4, -0.2) is 19.5 Å². The monoisotopic (exact) mass is 650 g/mol. The van der Waals surface area contributed by atoms with E-state index in [9.17, 15) is 0 Å². The highest BCUT2D eigenvalue weighted by Crippen LogP contribution is 2.41. The van der Waals surface area contributed by atoms with Crippen molar-refractivity contribution in [2.45, 2.75) is 0 Å². The number of nitrogens with zero attached hydrogens (tertiary/aromatic N) is 4. The Morgan fingerprint density at radius 1 is 0.333 bits per heavy atom. The molecule has 10 aromatic rings. The summed E-state index contributed by atoms with van der Waals surface area (Å²) >= 11 is 0. The first-order chi connectivity index (χ1) is 25.3. The van der Waals surface area contributed by atoms with Crippen LogP contribution in [-0.2, 0) is 0 Å². The second-order valence-corrected chi connectivity index (χ2v) is 12.9. The molecule has 0 amide bonds. The van der Waals surface area contributed by atoms with Crippen molar-refractivity contribution in [3.63, 3.8) is 0 Å². The highest BCUT2D eigenvalue weighted by Gasteiger charge is 2.20. The molecule has 2 heterocycles. The Kier molecular flexibility index (Phi) is 6.78. The molecule has 0 unspecified atom stereocenters. The Bertz CT molecular complexity index is 2840. The topological polar surface area (TPSA) is 43.6 Å². The minimum Gasteiger partial charge on any atom is -0.309 e. The molecule has 8 aromatic carbocycles. The standard InChI is InChI=1S/C47H30N4/c1-4-14-31(15-5-1)40-30-37(25-26-39(40)47-49-45(33-17-6-2-7-18-33)48-46(50-47)34-19-8-3-9-20-34)51-42-27-24-32-16-12-13-23-38(32)44(42)41-28-35-21-10-11-22-36(35)29-43(41)51/h1-30H. The lowest BCUT2D eigenvalue weighted by molar-refractivity contribution is 1.07. The molecule has 238 valence electrons. The Labute approximate surface area is 295 Å². The molecule has 0 aliphatic heterocycles. The molecular formula is C47H30N4. The summed E-state index contributed by atoms with van der Waals surface area (Å²) in [4.78, 5) is 15.2. The molecule has 0 bridgehead atoms. The lowest BCUT2D eigenvalue weighted by Crippen LogP contribution is -2.02. The van der Waals surface area contributed by atoms with E-state index in [-0.39, 0.29) is 0 Å². The Hall–Kier alpha value is -6.91. The largest absolute Gasteiger partial charge is 0.309 e. The average molecular weight is 651 g/mol. The van der Waals surface area contributed by atoms with Crippen molar-refractivity contribution in [2.75, 3.05) is 0 Å². The van der Waals surface area contributed by atoms with Gasteiger partial charge in [-0.1, -0.05) is 146 Å². The average Bonchev–Trinajstić information content (AvgIpc) is 3.54. The van der Waals surface area contributed by atoms with Gasteiger partial charge in [0, 0.05) is 33.2 Å². The molecule has 0 aliphatic rings. The highest BCUT2D eigenvalue weighted by atomic mass is 15.0. The molecule has 2 aromatic heterocycles. The van der Waals surface area contributed by atoms with Crippen molar-refractivity contribution in [3.05, 3.63) is 182 Å². The number of aromatic nitrogens is 4. The van der Waals surface area contributed by atoms with Gasteiger partial charge < -0.3 is 4.57 Å².